The fraction of sp³-hybridized carbons (Fsp3) is 0.571. The van der Waals surface area contributed by atoms with Gasteiger partial charge in [0.2, 0.25) is 0 Å². The molecule has 0 spiro atoms. The van der Waals surface area contributed by atoms with Crippen LogP contribution in [-0.4, -0.2) is 6.61 Å². The maximum Gasteiger partial charge on any atom is 0.127 e. The van der Waals surface area contributed by atoms with Gasteiger partial charge in [0.05, 0.1) is 6.61 Å². The zero-order valence-corrected chi connectivity index (χ0v) is 13.5. The van der Waals surface area contributed by atoms with E-state index in [0.717, 1.165) is 23.2 Å². The molecule has 1 aliphatic heterocycles. The summed E-state index contributed by atoms with van der Waals surface area (Å²) in [6.45, 7) is 5.32. The number of hydrogen-bond acceptors (Lipinski definition) is 1. The predicted octanol–water partition coefficient (Wildman–Crippen LogP) is 5.26. The van der Waals surface area contributed by atoms with Gasteiger partial charge in [-0.05, 0) is 23.6 Å². The van der Waals surface area contributed by atoms with Crippen molar-refractivity contribution in [2.75, 3.05) is 6.61 Å². The molecule has 94 valence electrons. The maximum absolute atomic E-state index is 5.79. The Labute approximate surface area is 120 Å². The summed E-state index contributed by atoms with van der Waals surface area (Å²) in [6.07, 6.45) is 3.41. The molecular weight excluding hydrogens is 344 g/mol. The fourth-order valence-electron chi connectivity index (χ4n) is 2.46. The normalized spacial score (nSPS) is 15.8. The van der Waals surface area contributed by atoms with Crippen molar-refractivity contribution in [2.24, 2.45) is 5.92 Å². The lowest BCUT2D eigenvalue weighted by molar-refractivity contribution is 0.349. The molecule has 1 nitrogen and oxygen atoms in total. The third kappa shape index (κ3) is 2.70. The Bertz CT molecular complexity index is 399. The smallest absolute Gasteiger partial charge is 0.127 e. The summed E-state index contributed by atoms with van der Waals surface area (Å²) in [6, 6.07) is 4.38. The molecule has 1 atom stereocenters. The van der Waals surface area contributed by atoms with Gasteiger partial charge in [-0.2, -0.15) is 0 Å². The Kier molecular flexibility index (Phi) is 4.53. The molecule has 0 amide bonds. The summed E-state index contributed by atoms with van der Waals surface area (Å²) in [4.78, 5) is 0.391. The number of alkyl halides is 1. The van der Waals surface area contributed by atoms with Gasteiger partial charge < -0.3 is 4.74 Å². The summed E-state index contributed by atoms with van der Waals surface area (Å²) in [5.74, 6) is 1.78. The molecule has 1 aromatic carbocycles. The van der Waals surface area contributed by atoms with Crippen molar-refractivity contribution in [1.29, 1.82) is 0 Å². The highest BCUT2D eigenvalue weighted by atomic mass is 79.9. The minimum absolute atomic E-state index is 0.391. The van der Waals surface area contributed by atoms with Gasteiger partial charge in [-0.1, -0.05) is 58.5 Å². The van der Waals surface area contributed by atoms with Crippen LogP contribution in [0.4, 0.5) is 0 Å². The number of hydrogen-bond donors (Lipinski definition) is 0. The number of rotatable bonds is 4. The lowest BCUT2D eigenvalue weighted by Crippen LogP contribution is -2.07. The molecule has 0 bridgehead atoms. The van der Waals surface area contributed by atoms with Gasteiger partial charge in [0.25, 0.3) is 0 Å². The van der Waals surface area contributed by atoms with Crippen molar-refractivity contribution >= 4 is 31.9 Å². The van der Waals surface area contributed by atoms with Gasteiger partial charge in [-0.3, -0.25) is 0 Å². The van der Waals surface area contributed by atoms with E-state index in [9.17, 15) is 0 Å². The van der Waals surface area contributed by atoms with Crippen LogP contribution in [0.3, 0.4) is 0 Å². The zero-order valence-electron chi connectivity index (χ0n) is 10.3. The minimum Gasteiger partial charge on any atom is -0.493 e. The molecule has 0 saturated heterocycles. The van der Waals surface area contributed by atoms with Crippen molar-refractivity contribution in [3.8, 4) is 5.75 Å². The third-order valence-electron chi connectivity index (χ3n) is 3.54. The van der Waals surface area contributed by atoms with Crippen molar-refractivity contribution in [2.45, 2.75) is 37.9 Å². The topological polar surface area (TPSA) is 9.23 Å². The van der Waals surface area contributed by atoms with Gasteiger partial charge in [0.15, 0.2) is 0 Å². The predicted molar refractivity (Wildman–Crippen MR) is 79.1 cm³/mol. The van der Waals surface area contributed by atoms with Gasteiger partial charge in [-0.25, -0.2) is 0 Å². The Morgan fingerprint density at radius 3 is 2.65 bits per heavy atom. The zero-order chi connectivity index (χ0) is 12.4. The number of ether oxygens (including phenoxy) is 1. The van der Waals surface area contributed by atoms with E-state index in [0.29, 0.717) is 10.7 Å². The molecule has 2 rings (SSSR count). The number of benzene rings is 1. The molecule has 0 aromatic heterocycles. The first-order chi connectivity index (χ1) is 8.17. The van der Waals surface area contributed by atoms with Crippen LogP contribution in [0.15, 0.2) is 16.6 Å². The second kappa shape index (κ2) is 5.75. The van der Waals surface area contributed by atoms with Crippen LogP contribution in [-0.2, 0) is 6.42 Å². The molecule has 1 aromatic rings. The molecule has 0 N–H and O–H groups in total. The molecule has 3 heteroatoms. The molecule has 0 radical (unpaired) electrons. The van der Waals surface area contributed by atoms with Crippen LogP contribution < -0.4 is 4.74 Å². The molecule has 1 aliphatic rings. The van der Waals surface area contributed by atoms with E-state index in [1.165, 1.54) is 24.0 Å². The largest absolute Gasteiger partial charge is 0.493 e. The van der Waals surface area contributed by atoms with E-state index in [4.69, 9.17) is 4.74 Å². The highest BCUT2D eigenvalue weighted by molar-refractivity contribution is 9.10. The summed E-state index contributed by atoms with van der Waals surface area (Å²) in [7, 11) is 0. The van der Waals surface area contributed by atoms with Gasteiger partial charge in [-0.15, -0.1) is 0 Å². The molecule has 17 heavy (non-hydrogen) atoms. The minimum atomic E-state index is 0.391. The van der Waals surface area contributed by atoms with E-state index < -0.39 is 0 Å². The maximum atomic E-state index is 5.79. The van der Waals surface area contributed by atoms with E-state index in [-0.39, 0.29) is 0 Å². The standard InChI is InChI=1S/C14H18Br2O/c1-3-9(4-2)13(16)12-8-11(15)7-10-5-6-17-14(10)12/h7-9,13H,3-6H2,1-2H3. The molecule has 0 aliphatic carbocycles. The first-order valence-corrected chi connectivity index (χ1v) is 7.97. The fourth-order valence-corrected chi connectivity index (χ4v) is 4.07. The summed E-state index contributed by atoms with van der Waals surface area (Å²) in [5, 5.41) is 0. The van der Waals surface area contributed by atoms with Gasteiger partial charge in [0, 0.05) is 21.3 Å². The SMILES string of the molecule is CCC(CC)C(Br)c1cc(Br)cc2c1OCC2. The quantitative estimate of drug-likeness (QED) is 0.665. The van der Waals surface area contributed by atoms with Crippen molar-refractivity contribution < 1.29 is 4.74 Å². The van der Waals surface area contributed by atoms with E-state index in [1.807, 2.05) is 0 Å². The van der Waals surface area contributed by atoms with Gasteiger partial charge >= 0.3 is 0 Å². The Hall–Kier alpha value is -0.0200. The lowest BCUT2D eigenvalue weighted by Gasteiger charge is -2.22. The van der Waals surface area contributed by atoms with Crippen LogP contribution in [0.2, 0.25) is 0 Å². The van der Waals surface area contributed by atoms with E-state index >= 15 is 0 Å². The van der Waals surface area contributed by atoms with Crippen LogP contribution in [0, 0.1) is 5.92 Å². The monoisotopic (exact) mass is 360 g/mol. The van der Waals surface area contributed by atoms with Crippen molar-refractivity contribution in [3.63, 3.8) is 0 Å². The molecule has 0 fully saturated rings. The molecular formula is C14H18Br2O. The van der Waals surface area contributed by atoms with Crippen LogP contribution in [0.1, 0.15) is 42.6 Å². The average Bonchev–Trinajstić information content (AvgIpc) is 2.77. The average molecular weight is 362 g/mol. The van der Waals surface area contributed by atoms with Crippen molar-refractivity contribution in [3.05, 3.63) is 27.7 Å². The first kappa shape index (κ1) is 13.4. The Morgan fingerprint density at radius 1 is 1.29 bits per heavy atom. The molecule has 0 saturated carbocycles. The Balaban J connectivity index is 2.38. The van der Waals surface area contributed by atoms with Crippen LogP contribution >= 0.6 is 31.9 Å². The second-order valence-electron chi connectivity index (χ2n) is 4.56. The molecule has 1 heterocycles. The summed E-state index contributed by atoms with van der Waals surface area (Å²) in [5.41, 5.74) is 2.64. The Morgan fingerprint density at radius 2 is 2.00 bits per heavy atom. The molecule has 1 unspecified atom stereocenters. The van der Waals surface area contributed by atoms with E-state index in [2.05, 4.69) is 57.8 Å². The third-order valence-corrected chi connectivity index (χ3v) is 5.24. The highest BCUT2D eigenvalue weighted by Crippen LogP contribution is 2.44. The summed E-state index contributed by atoms with van der Waals surface area (Å²) >= 11 is 7.46. The van der Waals surface area contributed by atoms with Crippen LogP contribution in [0.5, 0.6) is 5.75 Å². The van der Waals surface area contributed by atoms with Gasteiger partial charge in [0.1, 0.15) is 5.75 Å². The second-order valence-corrected chi connectivity index (χ2v) is 6.46. The van der Waals surface area contributed by atoms with Crippen molar-refractivity contribution in [1.82, 2.24) is 0 Å². The number of fused-ring (bicyclic) bond motifs is 1. The first-order valence-electron chi connectivity index (χ1n) is 6.26. The van der Waals surface area contributed by atoms with Crippen LogP contribution in [0.25, 0.3) is 0 Å². The summed E-state index contributed by atoms with van der Waals surface area (Å²) < 4.78 is 6.95. The highest BCUT2D eigenvalue weighted by Gasteiger charge is 2.25. The lowest BCUT2D eigenvalue weighted by atomic mass is 9.93. The number of halogens is 2. The van der Waals surface area contributed by atoms with E-state index in [1.54, 1.807) is 0 Å².